The maximum Gasteiger partial charge on any atom is 0.163 e. The van der Waals surface area contributed by atoms with Crippen molar-refractivity contribution in [2.24, 2.45) is 0 Å². The summed E-state index contributed by atoms with van der Waals surface area (Å²) in [4.78, 5) is 0. The molecule has 0 aromatic heterocycles. The molecule has 4 unspecified atom stereocenters. The summed E-state index contributed by atoms with van der Waals surface area (Å²) in [6, 6.07) is 0.360. The van der Waals surface area contributed by atoms with E-state index in [-0.39, 0.29) is 18.3 Å². The third kappa shape index (κ3) is 3.22. The molecule has 2 aliphatic rings. The van der Waals surface area contributed by atoms with E-state index in [9.17, 15) is 0 Å². The predicted octanol–water partition coefficient (Wildman–Crippen LogP) is 0.920. The molecule has 1 saturated carbocycles. The first kappa shape index (κ1) is 14.2. The molecule has 1 N–H and O–H groups in total. The monoisotopic (exact) mass is 259 g/mol. The van der Waals surface area contributed by atoms with Gasteiger partial charge in [0.1, 0.15) is 0 Å². The molecule has 0 amide bonds. The van der Waals surface area contributed by atoms with Gasteiger partial charge in [-0.05, 0) is 27.2 Å². The SMILES string of the molecule is CCOC1CC(NCC2COC(C)(C)O2)C1OC. The molecule has 1 aliphatic heterocycles. The summed E-state index contributed by atoms with van der Waals surface area (Å²) in [5.41, 5.74) is 0. The molecule has 2 fully saturated rings. The van der Waals surface area contributed by atoms with Crippen molar-refractivity contribution < 1.29 is 18.9 Å². The average Bonchev–Trinajstić information content (AvgIpc) is 2.63. The highest BCUT2D eigenvalue weighted by Gasteiger charge is 2.42. The van der Waals surface area contributed by atoms with E-state index in [0.717, 1.165) is 19.6 Å². The van der Waals surface area contributed by atoms with Crippen molar-refractivity contribution in [3.8, 4) is 0 Å². The molecule has 106 valence electrons. The Balaban J connectivity index is 1.69. The molecular weight excluding hydrogens is 234 g/mol. The Morgan fingerprint density at radius 1 is 1.39 bits per heavy atom. The molecule has 1 saturated heterocycles. The lowest BCUT2D eigenvalue weighted by Crippen LogP contribution is -2.60. The van der Waals surface area contributed by atoms with Gasteiger partial charge in [-0.2, -0.15) is 0 Å². The van der Waals surface area contributed by atoms with Crippen LogP contribution in [0.25, 0.3) is 0 Å². The molecule has 0 bridgehead atoms. The first-order valence-corrected chi connectivity index (χ1v) is 6.75. The smallest absolute Gasteiger partial charge is 0.163 e. The van der Waals surface area contributed by atoms with Crippen LogP contribution in [0.5, 0.6) is 0 Å². The van der Waals surface area contributed by atoms with Crippen molar-refractivity contribution in [1.82, 2.24) is 5.32 Å². The summed E-state index contributed by atoms with van der Waals surface area (Å²) in [5, 5.41) is 3.48. The van der Waals surface area contributed by atoms with Crippen LogP contribution in [0.15, 0.2) is 0 Å². The molecule has 5 nitrogen and oxygen atoms in total. The Morgan fingerprint density at radius 3 is 2.72 bits per heavy atom. The second kappa shape index (κ2) is 5.84. The third-order valence-corrected chi connectivity index (χ3v) is 3.58. The fourth-order valence-electron chi connectivity index (χ4n) is 2.62. The van der Waals surface area contributed by atoms with Crippen LogP contribution in [0.2, 0.25) is 0 Å². The largest absolute Gasteiger partial charge is 0.377 e. The van der Waals surface area contributed by atoms with Crippen molar-refractivity contribution in [3.63, 3.8) is 0 Å². The minimum absolute atomic E-state index is 0.128. The molecule has 1 aliphatic carbocycles. The molecule has 0 aromatic rings. The molecule has 2 rings (SSSR count). The number of hydrogen-bond donors (Lipinski definition) is 1. The summed E-state index contributed by atoms with van der Waals surface area (Å²) >= 11 is 0. The molecule has 0 aromatic carbocycles. The molecule has 5 heteroatoms. The van der Waals surface area contributed by atoms with Crippen molar-refractivity contribution in [2.45, 2.75) is 57.3 Å². The van der Waals surface area contributed by atoms with Gasteiger partial charge in [-0.3, -0.25) is 0 Å². The molecule has 18 heavy (non-hydrogen) atoms. The van der Waals surface area contributed by atoms with E-state index in [0.29, 0.717) is 12.6 Å². The van der Waals surface area contributed by atoms with Crippen LogP contribution in [0, 0.1) is 0 Å². The first-order chi connectivity index (χ1) is 8.55. The highest BCUT2D eigenvalue weighted by atomic mass is 16.7. The van der Waals surface area contributed by atoms with Gasteiger partial charge in [0.25, 0.3) is 0 Å². The molecule has 4 atom stereocenters. The molecular formula is C13H25NO4. The molecule has 0 radical (unpaired) electrons. The molecule has 1 heterocycles. The summed E-state index contributed by atoms with van der Waals surface area (Å²) in [6.45, 7) is 8.09. The van der Waals surface area contributed by atoms with Gasteiger partial charge in [0.05, 0.1) is 24.9 Å². The van der Waals surface area contributed by atoms with Gasteiger partial charge < -0.3 is 24.3 Å². The maximum absolute atomic E-state index is 5.75. The van der Waals surface area contributed by atoms with Crippen molar-refractivity contribution in [1.29, 1.82) is 0 Å². The van der Waals surface area contributed by atoms with Crippen LogP contribution in [-0.4, -0.2) is 57.0 Å². The highest BCUT2D eigenvalue weighted by Crippen LogP contribution is 2.27. The Kier molecular flexibility index (Phi) is 4.61. The van der Waals surface area contributed by atoms with Crippen molar-refractivity contribution in [2.75, 3.05) is 26.9 Å². The van der Waals surface area contributed by atoms with Gasteiger partial charge in [-0.1, -0.05) is 0 Å². The van der Waals surface area contributed by atoms with Crippen LogP contribution in [0.4, 0.5) is 0 Å². The standard InChI is InChI=1S/C13H25NO4/c1-5-16-11-6-10(12(11)15-4)14-7-9-8-17-13(2,3)18-9/h9-12,14H,5-8H2,1-4H3. The quantitative estimate of drug-likeness (QED) is 0.768. The summed E-state index contributed by atoms with van der Waals surface area (Å²) in [5.74, 6) is -0.444. The number of methoxy groups -OCH3 is 1. The van der Waals surface area contributed by atoms with E-state index in [1.165, 1.54) is 0 Å². The Morgan fingerprint density at radius 2 is 2.17 bits per heavy atom. The molecule has 0 spiro atoms. The third-order valence-electron chi connectivity index (χ3n) is 3.58. The second-order valence-electron chi connectivity index (χ2n) is 5.40. The number of hydrogen-bond acceptors (Lipinski definition) is 5. The van der Waals surface area contributed by atoms with Crippen LogP contribution >= 0.6 is 0 Å². The topological polar surface area (TPSA) is 49.0 Å². The minimum Gasteiger partial charge on any atom is -0.377 e. The lowest BCUT2D eigenvalue weighted by atomic mass is 9.85. The van der Waals surface area contributed by atoms with Gasteiger partial charge >= 0.3 is 0 Å². The zero-order valence-corrected chi connectivity index (χ0v) is 11.8. The van der Waals surface area contributed by atoms with Gasteiger partial charge in [0.2, 0.25) is 0 Å². The summed E-state index contributed by atoms with van der Waals surface area (Å²) < 4.78 is 22.3. The number of rotatable bonds is 6. The zero-order chi connectivity index (χ0) is 13.2. The summed E-state index contributed by atoms with van der Waals surface area (Å²) in [6.07, 6.45) is 1.52. The number of nitrogens with one attached hydrogen (secondary N) is 1. The lowest BCUT2D eigenvalue weighted by Gasteiger charge is -2.43. The average molecular weight is 259 g/mol. The van der Waals surface area contributed by atoms with Gasteiger partial charge in [-0.15, -0.1) is 0 Å². The first-order valence-electron chi connectivity index (χ1n) is 6.75. The van der Waals surface area contributed by atoms with E-state index in [1.54, 1.807) is 7.11 Å². The van der Waals surface area contributed by atoms with E-state index >= 15 is 0 Å². The lowest BCUT2D eigenvalue weighted by molar-refractivity contribution is -0.144. The maximum atomic E-state index is 5.75. The van der Waals surface area contributed by atoms with E-state index in [1.807, 2.05) is 20.8 Å². The van der Waals surface area contributed by atoms with Crippen molar-refractivity contribution >= 4 is 0 Å². The van der Waals surface area contributed by atoms with Gasteiger partial charge in [0, 0.05) is 26.3 Å². The highest BCUT2D eigenvalue weighted by molar-refractivity contribution is 4.97. The van der Waals surface area contributed by atoms with Gasteiger partial charge in [0.15, 0.2) is 5.79 Å². The van der Waals surface area contributed by atoms with Crippen LogP contribution in [0.1, 0.15) is 27.2 Å². The van der Waals surface area contributed by atoms with Crippen LogP contribution < -0.4 is 5.32 Å². The fourth-order valence-corrected chi connectivity index (χ4v) is 2.62. The van der Waals surface area contributed by atoms with Crippen molar-refractivity contribution in [3.05, 3.63) is 0 Å². The Labute approximate surface area is 109 Å². The van der Waals surface area contributed by atoms with Gasteiger partial charge in [-0.25, -0.2) is 0 Å². The van der Waals surface area contributed by atoms with E-state index in [2.05, 4.69) is 5.32 Å². The summed E-state index contributed by atoms with van der Waals surface area (Å²) in [7, 11) is 1.74. The zero-order valence-electron chi connectivity index (χ0n) is 11.8. The normalized spacial score (nSPS) is 38.7. The van der Waals surface area contributed by atoms with Crippen LogP contribution in [-0.2, 0) is 18.9 Å². The minimum atomic E-state index is -0.444. The Hall–Kier alpha value is -0.200. The predicted molar refractivity (Wildman–Crippen MR) is 67.5 cm³/mol. The number of ether oxygens (including phenoxy) is 4. The Bertz CT molecular complexity index is 272. The van der Waals surface area contributed by atoms with E-state index < -0.39 is 5.79 Å². The second-order valence-corrected chi connectivity index (χ2v) is 5.40. The van der Waals surface area contributed by atoms with E-state index in [4.69, 9.17) is 18.9 Å². The fraction of sp³-hybridized carbons (Fsp3) is 1.00. The van der Waals surface area contributed by atoms with Crippen LogP contribution in [0.3, 0.4) is 0 Å².